The second kappa shape index (κ2) is 5.99. The number of alkyl carbamates (subject to hydrolysis) is 1. The summed E-state index contributed by atoms with van der Waals surface area (Å²) in [5.74, 6) is 0.257. The fourth-order valence-corrected chi connectivity index (χ4v) is 3.82. The Morgan fingerprint density at radius 2 is 1.82 bits per heavy atom. The van der Waals surface area contributed by atoms with Gasteiger partial charge in [-0.2, -0.15) is 0 Å². The minimum atomic E-state index is -0.871. The molecule has 0 aromatic heterocycles. The molecule has 0 radical (unpaired) electrons. The van der Waals surface area contributed by atoms with Crippen LogP contribution in [0.4, 0.5) is 4.79 Å². The highest BCUT2D eigenvalue weighted by Gasteiger charge is 2.51. The van der Waals surface area contributed by atoms with E-state index in [1.807, 2.05) is 30.3 Å². The highest BCUT2D eigenvalue weighted by atomic mass is 16.5. The van der Waals surface area contributed by atoms with Gasteiger partial charge in [0, 0.05) is 0 Å². The first-order valence-electron chi connectivity index (χ1n) is 7.77. The Labute approximate surface area is 129 Å². The summed E-state index contributed by atoms with van der Waals surface area (Å²) in [4.78, 5) is 23.2. The summed E-state index contributed by atoms with van der Waals surface area (Å²) in [5, 5.41) is 12.0. The molecule has 1 aromatic rings. The van der Waals surface area contributed by atoms with E-state index in [9.17, 15) is 9.59 Å². The zero-order valence-corrected chi connectivity index (χ0v) is 12.5. The number of carboxylic acid groups (broad SMARTS) is 1. The van der Waals surface area contributed by atoms with Crippen molar-refractivity contribution in [2.24, 2.45) is 11.8 Å². The van der Waals surface area contributed by atoms with Crippen LogP contribution in [-0.4, -0.2) is 22.7 Å². The number of hydrogen-bond acceptors (Lipinski definition) is 3. The summed E-state index contributed by atoms with van der Waals surface area (Å²) in [6, 6.07) is 9.44. The van der Waals surface area contributed by atoms with E-state index in [0.29, 0.717) is 11.8 Å². The lowest BCUT2D eigenvalue weighted by Crippen LogP contribution is -2.48. The fourth-order valence-electron chi connectivity index (χ4n) is 3.82. The molecule has 0 aliphatic heterocycles. The molecule has 1 aromatic carbocycles. The van der Waals surface area contributed by atoms with E-state index in [2.05, 4.69) is 5.32 Å². The van der Waals surface area contributed by atoms with Gasteiger partial charge in [0.05, 0.1) is 12.0 Å². The lowest BCUT2D eigenvalue weighted by Gasteiger charge is -2.29. The smallest absolute Gasteiger partial charge is 0.407 e. The van der Waals surface area contributed by atoms with Crippen molar-refractivity contribution in [3.8, 4) is 0 Å². The van der Waals surface area contributed by atoms with Crippen molar-refractivity contribution in [2.75, 3.05) is 0 Å². The third kappa shape index (κ3) is 3.24. The van der Waals surface area contributed by atoms with Crippen LogP contribution in [0, 0.1) is 11.8 Å². The molecule has 22 heavy (non-hydrogen) atoms. The minimum Gasteiger partial charge on any atom is -0.481 e. The molecule has 0 heterocycles. The Morgan fingerprint density at radius 3 is 2.36 bits per heavy atom. The van der Waals surface area contributed by atoms with Crippen LogP contribution >= 0.6 is 0 Å². The van der Waals surface area contributed by atoms with Gasteiger partial charge in [0.2, 0.25) is 0 Å². The zero-order chi connectivity index (χ0) is 15.6. The zero-order valence-electron chi connectivity index (χ0n) is 12.5. The van der Waals surface area contributed by atoms with Crippen molar-refractivity contribution in [1.82, 2.24) is 5.32 Å². The fraction of sp³-hybridized carbons (Fsp3) is 0.529. The van der Waals surface area contributed by atoms with Gasteiger partial charge in [-0.1, -0.05) is 30.3 Å². The summed E-state index contributed by atoms with van der Waals surface area (Å²) in [6.45, 7) is 0.197. The molecule has 2 unspecified atom stereocenters. The molecule has 2 aliphatic carbocycles. The van der Waals surface area contributed by atoms with Crippen LogP contribution in [0.5, 0.6) is 0 Å². The van der Waals surface area contributed by atoms with Crippen molar-refractivity contribution < 1.29 is 19.4 Å². The monoisotopic (exact) mass is 303 g/mol. The van der Waals surface area contributed by atoms with Crippen LogP contribution in [-0.2, 0) is 16.1 Å². The first-order chi connectivity index (χ1) is 10.6. The molecule has 0 bridgehead atoms. The van der Waals surface area contributed by atoms with E-state index in [-0.39, 0.29) is 13.0 Å². The molecule has 118 valence electrons. The van der Waals surface area contributed by atoms with Crippen LogP contribution < -0.4 is 5.32 Å². The molecule has 0 spiro atoms. The van der Waals surface area contributed by atoms with Gasteiger partial charge in [-0.05, 0) is 43.1 Å². The number of carbonyl (C=O) groups excluding carboxylic acids is 1. The van der Waals surface area contributed by atoms with Crippen LogP contribution in [0.1, 0.15) is 37.7 Å². The van der Waals surface area contributed by atoms with Crippen molar-refractivity contribution >= 4 is 12.1 Å². The summed E-state index contributed by atoms with van der Waals surface area (Å²) < 4.78 is 5.24. The minimum absolute atomic E-state index is 0.0273. The van der Waals surface area contributed by atoms with E-state index in [1.165, 1.54) is 0 Å². The molecule has 0 saturated heterocycles. The summed E-state index contributed by atoms with van der Waals surface area (Å²) in [6.07, 6.45) is 3.25. The standard InChI is InChI=1S/C17H21NO4/c19-15(20)10-17(8-13-6-7-14(13)9-17)18-16(21)22-11-12-4-2-1-3-5-12/h1-5,13-14H,6-11H2,(H,18,21)(H,19,20). The average Bonchev–Trinajstić information content (AvgIpc) is 2.70. The Hall–Kier alpha value is -2.04. The number of carboxylic acids is 1. The van der Waals surface area contributed by atoms with Crippen LogP contribution in [0.15, 0.2) is 30.3 Å². The van der Waals surface area contributed by atoms with Crippen LogP contribution in [0.25, 0.3) is 0 Å². The van der Waals surface area contributed by atoms with Gasteiger partial charge in [-0.15, -0.1) is 0 Å². The van der Waals surface area contributed by atoms with Gasteiger partial charge < -0.3 is 15.2 Å². The number of nitrogens with one attached hydrogen (secondary N) is 1. The molecule has 3 rings (SSSR count). The lowest BCUT2D eigenvalue weighted by molar-refractivity contribution is -0.138. The van der Waals surface area contributed by atoms with Crippen molar-refractivity contribution in [3.63, 3.8) is 0 Å². The molecule has 5 nitrogen and oxygen atoms in total. The molecule has 2 N–H and O–H groups in total. The van der Waals surface area contributed by atoms with E-state index in [1.54, 1.807) is 0 Å². The Morgan fingerprint density at radius 1 is 1.18 bits per heavy atom. The maximum Gasteiger partial charge on any atom is 0.407 e. The third-order valence-electron chi connectivity index (χ3n) is 4.95. The van der Waals surface area contributed by atoms with Crippen molar-refractivity contribution in [3.05, 3.63) is 35.9 Å². The van der Waals surface area contributed by atoms with Gasteiger partial charge >= 0.3 is 12.1 Å². The molecule has 2 aliphatic rings. The number of fused-ring (bicyclic) bond motifs is 1. The predicted octanol–water partition coefficient (Wildman–Crippen LogP) is 2.95. The van der Waals surface area contributed by atoms with E-state index in [4.69, 9.17) is 9.84 Å². The van der Waals surface area contributed by atoms with E-state index < -0.39 is 17.6 Å². The first kappa shape index (κ1) is 14.9. The summed E-state index contributed by atoms with van der Waals surface area (Å²) >= 11 is 0. The third-order valence-corrected chi connectivity index (χ3v) is 4.95. The first-order valence-corrected chi connectivity index (χ1v) is 7.77. The molecular weight excluding hydrogens is 282 g/mol. The number of benzene rings is 1. The molecule has 5 heteroatoms. The number of rotatable bonds is 5. The maximum absolute atomic E-state index is 12.1. The molecule has 1 amide bonds. The SMILES string of the molecule is O=C(O)CC1(NC(=O)OCc2ccccc2)CC2CCC2C1. The normalized spacial score (nSPS) is 29.3. The van der Waals surface area contributed by atoms with Crippen molar-refractivity contribution in [2.45, 2.75) is 44.2 Å². The van der Waals surface area contributed by atoms with Gasteiger partial charge in [-0.25, -0.2) is 4.79 Å². The summed E-state index contributed by atoms with van der Waals surface area (Å²) in [7, 11) is 0. The van der Waals surface area contributed by atoms with Gasteiger partial charge in [0.1, 0.15) is 6.61 Å². The second-order valence-corrected chi connectivity index (χ2v) is 6.54. The van der Waals surface area contributed by atoms with Gasteiger partial charge in [0.15, 0.2) is 0 Å². The highest BCUT2D eigenvalue weighted by molar-refractivity contribution is 5.73. The molecular formula is C17H21NO4. The van der Waals surface area contributed by atoms with Crippen LogP contribution in [0.3, 0.4) is 0 Å². The molecule has 2 saturated carbocycles. The lowest BCUT2D eigenvalue weighted by atomic mass is 9.77. The number of ether oxygens (including phenoxy) is 1. The number of hydrogen-bond donors (Lipinski definition) is 2. The number of aliphatic carboxylic acids is 1. The van der Waals surface area contributed by atoms with E-state index in [0.717, 1.165) is 31.2 Å². The molecule has 2 fully saturated rings. The number of carbonyl (C=O) groups is 2. The van der Waals surface area contributed by atoms with Crippen LogP contribution in [0.2, 0.25) is 0 Å². The quantitative estimate of drug-likeness (QED) is 0.877. The predicted molar refractivity (Wildman–Crippen MR) is 80.2 cm³/mol. The topological polar surface area (TPSA) is 75.6 Å². The highest BCUT2D eigenvalue weighted by Crippen LogP contribution is 2.52. The van der Waals surface area contributed by atoms with Gasteiger partial charge in [0.25, 0.3) is 0 Å². The van der Waals surface area contributed by atoms with Crippen molar-refractivity contribution in [1.29, 1.82) is 0 Å². The van der Waals surface area contributed by atoms with E-state index >= 15 is 0 Å². The summed E-state index contributed by atoms with van der Waals surface area (Å²) in [5.41, 5.74) is 0.280. The maximum atomic E-state index is 12.1. The van der Waals surface area contributed by atoms with Gasteiger partial charge in [-0.3, -0.25) is 4.79 Å². The Balaban J connectivity index is 1.58. The Kier molecular flexibility index (Phi) is 4.05. The second-order valence-electron chi connectivity index (χ2n) is 6.54. The Bertz CT molecular complexity index is 545. The number of amides is 1. The largest absolute Gasteiger partial charge is 0.481 e. The molecule has 2 atom stereocenters. The average molecular weight is 303 g/mol.